The van der Waals surface area contributed by atoms with E-state index in [4.69, 9.17) is 16.3 Å². The van der Waals surface area contributed by atoms with Crippen LogP contribution >= 0.6 is 11.6 Å². The van der Waals surface area contributed by atoms with Crippen LogP contribution in [0.25, 0.3) is 0 Å². The largest absolute Gasteiger partial charge is 0.474 e. The predicted octanol–water partition coefficient (Wildman–Crippen LogP) is 4.09. The molecule has 3 heteroatoms. The molecule has 0 unspecified atom stereocenters. The smallest absolute Gasteiger partial charge is 0.214 e. The maximum atomic E-state index is 5.94. The SMILES string of the molecule is CCCc1cc(CCl)cc(OC2CCCC2)n1. The molecular weight excluding hydrogens is 234 g/mol. The van der Waals surface area contributed by atoms with Crippen molar-refractivity contribution in [1.82, 2.24) is 4.98 Å². The Balaban J connectivity index is 2.10. The molecule has 1 saturated carbocycles. The van der Waals surface area contributed by atoms with E-state index < -0.39 is 0 Å². The first-order valence-corrected chi connectivity index (χ1v) is 7.07. The van der Waals surface area contributed by atoms with E-state index in [0.717, 1.165) is 42.8 Å². The molecule has 1 heterocycles. The van der Waals surface area contributed by atoms with Crippen LogP contribution in [0.2, 0.25) is 0 Å². The Morgan fingerprint density at radius 1 is 1.35 bits per heavy atom. The van der Waals surface area contributed by atoms with Gasteiger partial charge in [0.05, 0.1) is 0 Å². The fourth-order valence-corrected chi connectivity index (χ4v) is 2.47. The van der Waals surface area contributed by atoms with E-state index >= 15 is 0 Å². The average Bonchev–Trinajstić information content (AvgIpc) is 2.82. The first-order valence-electron chi connectivity index (χ1n) is 6.54. The summed E-state index contributed by atoms with van der Waals surface area (Å²) in [6.45, 7) is 2.16. The molecule has 1 aliphatic carbocycles. The molecule has 0 aliphatic heterocycles. The zero-order valence-electron chi connectivity index (χ0n) is 10.4. The van der Waals surface area contributed by atoms with E-state index in [1.54, 1.807) is 0 Å². The van der Waals surface area contributed by atoms with E-state index in [2.05, 4.69) is 18.0 Å². The van der Waals surface area contributed by atoms with Crippen molar-refractivity contribution in [2.45, 2.75) is 57.4 Å². The minimum Gasteiger partial charge on any atom is -0.474 e. The van der Waals surface area contributed by atoms with Crippen LogP contribution in [0.1, 0.15) is 50.3 Å². The van der Waals surface area contributed by atoms with Crippen LogP contribution in [0.5, 0.6) is 5.88 Å². The molecule has 2 nitrogen and oxygen atoms in total. The van der Waals surface area contributed by atoms with E-state index in [1.807, 2.05) is 6.07 Å². The monoisotopic (exact) mass is 253 g/mol. The van der Waals surface area contributed by atoms with Crippen LogP contribution in [0.15, 0.2) is 12.1 Å². The lowest BCUT2D eigenvalue weighted by Gasteiger charge is -2.13. The first kappa shape index (κ1) is 12.7. The van der Waals surface area contributed by atoms with Gasteiger partial charge in [-0.15, -0.1) is 11.6 Å². The average molecular weight is 254 g/mol. The van der Waals surface area contributed by atoms with Crippen LogP contribution < -0.4 is 4.74 Å². The van der Waals surface area contributed by atoms with Crippen molar-refractivity contribution in [3.63, 3.8) is 0 Å². The summed E-state index contributed by atoms with van der Waals surface area (Å²) in [5, 5.41) is 0. The second-order valence-electron chi connectivity index (χ2n) is 4.71. The van der Waals surface area contributed by atoms with Gasteiger partial charge in [0.15, 0.2) is 0 Å². The number of halogens is 1. The molecule has 0 spiro atoms. The molecule has 0 aromatic carbocycles. The zero-order chi connectivity index (χ0) is 12.1. The zero-order valence-corrected chi connectivity index (χ0v) is 11.2. The summed E-state index contributed by atoms with van der Waals surface area (Å²) >= 11 is 5.90. The summed E-state index contributed by atoms with van der Waals surface area (Å²) in [5.74, 6) is 1.29. The second-order valence-corrected chi connectivity index (χ2v) is 4.98. The van der Waals surface area contributed by atoms with Crippen molar-refractivity contribution in [2.75, 3.05) is 0 Å². The molecule has 1 aromatic rings. The van der Waals surface area contributed by atoms with Gasteiger partial charge in [-0.3, -0.25) is 0 Å². The van der Waals surface area contributed by atoms with Gasteiger partial charge < -0.3 is 4.74 Å². The Morgan fingerprint density at radius 2 is 2.12 bits per heavy atom. The van der Waals surface area contributed by atoms with E-state index in [9.17, 15) is 0 Å². The molecule has 0 atom stereocenters. The highest BCUT2D eigenvalue weighted by Gasteiger charge is 2.17. The van der Waals surface area contributed by atoms with Crippen molar-refractivity contribution in [3.05, 3.63) is 23.4 Å². The van der Waals surface area contributed by atoms with Gasteiger partial charge in [-0.1, -0.05) is 13.3 Å². The molecule has 1 fully saturated rings. The Hall–Kier alpha value is -0.760. The maximum absolute atomic E-state index is 5.94. The number of hydrogen-bond donors (Lipinski definition) is 0. The summed E-state index contributed by atoms with van der Waals surface area (Å²) in [5.41, 5.74) is 2.21. The molecule has 0 N–H and O–H groups in total. The highest BCUT2D eigenvalue weighted by atomic mass is 35.5. The summed E-state index contributed by atoms with van der Waals surface area (Å²) in [6.07, 6.45) is 7.34. The third kappa shape index (κ3) is 3.60. The minimum atomic E-state index is 0.363. The van der Waals surface area contributed by atoms with E-state index in [1.165, 1.54) is 12.8 Å². The Bertz CT molecular complexity index is 361. The van der Waals surface area contributed by atoms with Crippen molar-refractivity contribution in [1.29, 1.82) is 0 Å². The lowest BCUT2D eigenvalue weighted by molar-refractivity contribution is 0.201. The topological polar surface area (TPSA) is 22.1 Å². The van der Waals surface area contributed by atoms with Crippen LogP contribution in [0.4, 0.5) is 0 Å². The van der Waals surface area contributed by atoms with Crippen LogP contribution in [0.3, 0.4) is 0 Å². The number of nitrogens with zero attached hydrogens (tertiary/aromatic N) is 1. The Labute approximate surface area is 108 Å². The van der Waals surface area contributed by atoms with Gasteiger partial charge in [0, 0.05) is 17.6 Å². The predicted molar refractivity (Wildman–Crippen MR) is 70.7 cm³/mol. The summed E-state index contributed by atoms with van der Waals surface area (Å²) in [7, 11) is 0. The second kappa shape index (κ2) is 6.25. The molecule has 2 rings (SSSR count). The Morgan fingerprint density at radius 3 is 2.76 bits per heavy atom. The summed E-state index contributed by atoms with van der Waals surface area (Å²) in [4.78, 5) is 4.55. The number of pyridine rings is 1. The third-order valence-electron chi connectivity index (χ3n) is 3.16. The van der Waals surface area contributed by atoms with Gasteiger partial charge in [0.25, 0.3) is 0 Å². The van der Waals surface area contributed by atoms with Crippen LogP contribution in [0, 0.1) is 0 Å². The molecule has 0 radical (unpaired) electrons. The molecule has 94 valence electrons. The summed E-state index contributed by atoms with van der Waals surface area (Å²) < 4.78 is 5.94. The highest BCUT2D eigenvalue weighted by molar-refractivity contribution is 6.17. The number of hydrogen-bond acceptors (Lipinski definition) is 2. The maximum Gasteiger partial charge on any atom is 0.214 e. The van der Waals surface area contributed by atoms with Gasteiger partial charge in [-0.05, 0) is 43.7 Å². The van der Waals surface area contributed by atoms with Gasteiger partial charge >= 0.3 is 0 Å². The minimum absolute atomic E-state index is 0.363. The Kier molecular flexibility index (Phi) is 4.66. The summed E-state index contributed by atoms with van der Waals surface area (Å²) in [6, 6.07) is 4.06. The van der Waals surface area contributed by atoms with Crippen LogP contribution in [-0.4, -0.2) is 11.1 Å². The highest BCUT2D eigenvalue weighted by Crippen LogP contribution is 2.24. The number of rotatable bonds is 5. The van der Waals surface area contributed by atoms with Crippen molar-refractivity contribution >= 4 is 11.6 Å². The van der Waals surface area contributed by atoms with Gasteiger partial charge in [0.1, 0.15) is 6.10 Å². The number of alkyl halides is 1. The number of aromatic nitrogens is 1. The quantitative estimate of drug-likeness (QED) is 0.738. The van der Waals surface area contributed by atoms with Gasteiger partial charge in [0.2, 0.25) is 5.88 Å². The number of ether oxygens (including phenoxy) is 1. The van der Waals surface area contributed by atoms with E-state index in [-0.39, 0.29) is 0 Å². The number of aryl methyl sites for hydroxylation is 1. The third-order valence-corrected chi connectivity index (χ3v) is 3.47. The standard InChI is InChI=1S/C14H20ClNO/c1-2-5-12-8-11(10-15)9-14(16-12)17-13-6-3-4-7-13/h8-9,13H,2-7,10H2,1H3. The molecule has 1 aliphatic rings. The van der Waals surface area contributed by atoms with Gasteiger partial charge in [-0.2, -0.15) is 0 Å². The van der Waals surface area contributed by atoms with E-state index in [0.29, 0.717) is 12.0 Å². The molecule has 0 amide bonds. The van der Waals surface area contributed by atoms with Crippen molar-refractivity contribution in [2.24, 2.45) is 0 Å². The lowest BCUT2D eigenvalue weighted by Crippen LogP contribution is -2.12. The fourth-order valence-electron chi connectivity index (χ4n) is 2.32. The van der Waals surface area contributed by atoms with Crippen molar-refractivity contribution < 1.29 is 4.74 Å². The normalized spacial score (nSPS) is 16.4. The molecule has 0 bridgehead atoms. The van der Waals surface area contributed by atoms with Crippen molar-refractivity contribution in [3.8, 4) is 5.88 Å². The lowest BCUT2D eigenvalue weighted by atomic mass is 10.2. The van der Waals surface area contributed by atoms with Gasteiger partial charge in [-0.25, -0.2) is 4.98 Å². The van der Waals surface area contributed by atoms with Crippen LogP contribution in [-0.2, 0) is 12.3 Å². The molecule has 17 heavy (non-hydrogen) atoms. The molecule has 1 aromatic heterocycles. The molecule has 0 saturated heterocycles. The molecular formula is C14H20ClNO. The first-order chi connectivity index (χ1) is 8.31. The fraction of sp³-hybridized carbons (Fsp3) is 0.643.